The van der Waals surface area contributed by atoms with E-state index in [2.05, 4.69) is 23.5 Å². The number of nitriles is 1. The van der Waals surface area contributed by atoms with Crippen molar-refractivity contribution in [3.05, 3.63) is 102 Å². The topological polar surface area (TPSA) is 83.6 Å². The van der Waals surface area contributed by atoms with E-state index in [-0.39, 0.29) is 5.91 Å². The van der Waals surface area contributed by atoms with Crippen molar-refractivity contribution in [2.45, 2.75) is 13.0 Å². The first kappa shape index (κ1) is 19.5. The first-order valence-electron chi connectivity index (χ1n) is 10.3. The molecule has 0 aliphatic rings. The number of nitrogens with one attached hydrogen (secondary N) is 1. The fraction of sp³-hybridized carbons (Fsp3) is 0.0769. The molecule has 6 heteroatoms. The number of nitrogens with zero attached hydrogens (tertiary/aromatic N) is 4. The number of fused-ring (bicyclic) bond motifs is 2. The predicted octanol–water partition coefficient (Wildman–Crippen LogP) is 4.95. The summed E-state index contributed by atoms with van der Waals surface area (Å²) >= 11 is 0. The Morgan fingerprint density at radius 3 is 2.19 bits per heavy atom. The lowest BCUT2D eigenvalue weighted by atomic mass is 10.1. The number of carbonyl (C=O) groups is 1. The fourth-order valence-corrected chi connectivity index (χ4v) is 3.81. The van der Waals surface area contributed by atoms with Gasteiger partial charge in [0.25, 0.3) is 5.91 Å². The van der Waals surface area contributed by atoms with E-state index in [0.29, 0.717) is 40.2 Å². The molecule has 32 heavy (non-hydrogen) atoms. The van der Waals surface area contributed by atoms with Crippen LogP contribution in [0.4, 0.5) is 5.82 Å². The van der Waals surface area contributed by atoms with E-state index in [4.69, 9.17) is 9.97 Å². The van der Waals surface area contributed by atoms with Gasteiger partial charge in [0, 0.05) is 12.1 Å². The SMILES string of the molecule is N#Cc1c(NC(=O)c2ccccc2)n(CCc2ccccc2)c2nc3ccccc3nc12. The Morgan fingerprint density at radius 2 is 1.50 bits per heavy atom. The van der Waals surface area contributed by atoms with Crippen molar-refractivity contribution in [1.82, 2.24) is 14.5 Å². The predicted molar refractivity (Wildman–Crippen MR) is 124 cm³/mol. The zero-order chi connectivity index (χ0) is 21.9. The van der Waals surface area contributed by atoms with Crippen LogP contribution in [-0.2, 0) is 13.0 Å². The highest BCUT2D eigenvalue weighted by Crippen LogP contribution is 2.30. The highest BCUT2D eigenvalue weighted by atomic mass is 16.1. The monoisotopic (exact) mass is 417 g/mol. The van der Waals surface area contributed by atoms with Gasteiger partial charge in [-0.3, -0.25) is 4.79 Å². The molecule has 1 N–H and O–H groups in total. The molecule has 0 spiro atoms. The maximum atomic E-state index is 12.9. The largest absolute Gasteiger partial charge is 0.309 e. The van der Waals surface area contributed by atoms with Gasteiger partial charge in [-0.1, -0.05) is 60.7 Å². The van der Waals surface area contributed by atoms with Crippen molar-refractivity contribution in [2.24, 2.45) is 0 Å². The van der Waals surface area contributed by atoms with E-state index in [0.717, 1.165) is 17.5 Å². The first-order chi connectivity index (χ1) is 15.7. The van der Waals surface area contributed by atoms with E-state index in [1.54, 1.807) is 24.3 Å². The molecule has 5 aromatic rings. The molecule has 0 atom stereocenters. The summed E-state index contributed by atoms with van der Waals surface area (Å²) in [6, 6.07) is 28.8. The van der Waals surface area contributed by atoms with E-state index >= 15 is 0 Å². The molecule has 3 aromatic carbocycles. The molecule has 0 aliphatic heterocycles. The maximum Gasteiger partial charge on any atom is 0.256 e. The van der Waals surface area contributed by atoms with Gasteiger partial charge in [0.2, 0.25) is 0 Å². The minimum absolute atomic E-state index is 0.282. The molecular weight excluding hydrogens is 398 g/mol. The highest BCUT2D eigenvalue weighted by Gasteiger charge is 2.22. The summed E-state index contributed by atoms with van der Waals surface area (Å²) in [6.07, 6.45) is 0.720. The van der Waals surface area contributed by atoms with Crippen molar-refractivity contribution in [1.29, 1.82) is 5.26 Å². The molecule has 0 fully saturated rings. The Bertz CT molecular complexity index is 1470. The minimum Gasteiger partial charge on any atom is -0.309 e. The number of carbonyl (C=O) groups excluding carboxylic acids is 1. The molecule has 2 aromatic heterocycles. The van der Waals surface area contributed by atoms with Gasteiger partial charge in [0.05, 0.1) is 11.0 Å². The molecule has 0 bridgehead atoms. The van der Waals surface area contributed by atoms with Gasteiger partial charge >= 0.3 is 0 Å². The third kappa shape index (κ3) is 3.57. The third-order valence-corrected chi connectivity index (χ3v) is 5.40. The molecule has 1 amide bonds. The lowest BCUT2D eigenvalue weighted by Crippen LogP contribution is -2.16. The molecule has 0 saturated heterocycles. The van der Waals surface area contributed by atoms with Gasteiger partial charge in [-0.25, -0.2) is 9.97 Å². The molecule has 6 nitrogen and oxygen atoms in total. The summed E-state index contributed by atoms with van der Waals surface area (Å²) in [7, 11) is 0. The van der Waals surface area contributed by atoms with Crippen molar-refractivity contribution in [3.8, 4) is 6.07 Å². The first-order valence-corrected chi connectivity index (χ1v) is 10.3. The number of amides is 1. The fourth-order valence-electron chi connectivity index (χ4n) is 3.81. The Balaban J connectivity index is 1.66. The van der Waals surface area contributed by atoms with Crippen LogP contribution in [-0.4, -0.2) is 20.4 Å². The van der Waals surface area contributed by atoms with Crippen molar-refractivity contribution in [2.75, 3.05) is 5.32 Å². The number of rotatable bonds is 5. The summed E-state index contributed by atoms with van der Waals surface area (Å²) in [5.41, 5.74) is 4.50. The van der Waals surface area contributed by atoms with Gasteiger partial charge in [0.15, 0.2) is 5.65 Å². The summed E-state index contributed by atoms with van der Waals surface area (Å²) in [4.78, 5) is 22.4. The maximum absolute atomic E-state index is 12.9. The van der Waals surface area contributed by atoms with Crippen LogP contribution in [0.1, 0.15) is 21.5 Å². The molecule has 0 radical (unpaired) electrons. The van der Waals surface area contributed by atoms with Crippen LogP contribution in [0.5, 0.6) is 0 Å². The van der Waals surface area contributed by atoms with Crippen molar-refractivity contribution < 1.29 is 4.79 Å². The van der Waals surface area contributed by atoms with Crippen LogP contribution in [0.25, 0.3) is 22.2 Å². The Kier molecular flexibility index (Phi) is 5.06. The number of hydrogen-bond donors (Lipinski definition) is 1. The number of benzene rings is 3. The van der Waals surface area contributed by atoms with Crippen LogP contribution < -0.4 is 5.32 Å². The zero-order valence-electron chi connectivity index (χ0n) is 17.2. The minimum atomic E-state index is -0.282. The second-order valence-corrected chi connectivity index (χ2v) is 7.43. The summed E-state index contributed by atoms with van der Waals surface area (Å²) < 4.78 is 1.89. The third-order valence-electron chi connectivity index (χ3n) is 5.40. The molecular formula is C26H19N5O. The summed E-state index contributed by atoms with van der Waals surface area (Å²) in [5, 5.41) is 12.9. The Labute approximate surface area is 184 Å². The number of anilines is 1. The lowest BCUT2D eigenvalue weighted by Gasteiger charge is -2.12. The van der Waals surface area contributed by atoms with Crippen LogP contribution in [0, 0.1) is 11.3 Å². The molecule has 0 aliphatic carbocycles. The van der Waals surface area contributed by atoms with E-state index in [9.17, 15) is 10.1 Å². The average molecular weight is 417 g/mol. The van der Waals surface area contributed by atoms with Gasteiger partial charge in [-0.15, -0.1) is 0 Å². The summed E-state index contributed by atoms with van der Waals surface area (Å²) in [6.45, 7) is 0.541. The van der Waals surface area contributed by atoms with Crippen LogP contribution in [0.15, 0.2) is 84.9 Å². The zero-order valence-corrected chi connectivity index (χ0v) is 17.2. The van der Waals surface area contributed by atoms with Crippen LogP contribution in [0.2, 0.25) is 0 Å². The Morgan fingerprint density at radius 1 is 0.875 bits per heavy atom. The Hall–Kier alpha value is -4.50. The summed E-state index contributed by atoms with van der Waals surface area (Å²) in [5.74, 6) is 0.137. The second kappa shape index (κ2) is 8.32. The molecule has 5 rings (SSSR count). The quantitative estimate of drug-likeness (QED) is 0.438. The molecule has 0 unspecified atom stereocenters. The van der Waals surface area contributed by atoms with Gasteiger partial charge in [-0.05, 0) is 36.2 Å². The molecule has 2 heterocycles. The van der Waals surface area contributed by atoms with Gasteiger partial charge in [-0.2, -0.15) is 5.26 Å². The van der Waals surface area contributed by atoms with E-state index in [1.807, 2.05) is 53.1 Å². The smallest absolute Gasteiger partial charge is 0.256 e. The second-order valence-electron chi connectivity index (χ2n) is 7.43. The number of hydrogen-bond acceptors (Lipinski definition) is 4. The van der Waals surface area contributed by atoms with Gasteiger partial charge in [0.1, 0.15) is 23.0 Å². The van der Waals surface area contributed by atoms with Crippen molar-refractivity contribution >= 4 is 33.9 Å². The molecule has 154 valence electrons. The number of para-hydroxylation sites is 2. The number of aromatic nitrogens is 3. The van der Waals surface area contributed by atoms with Crippen LogP contribution >= 0.6 is 0 Å². The van der Waals surface area contributed by atoms with Crippen molar-refractivity contribution in [3.63, 3.8) is 0 Å². The van der Waals surface area contributed by atoms with Gasteiger partial charge < -0.3 is 9.88 Å². The standard InChI is InChI=1S/C26H19N5O/c27-17-20-23-25(29-22-14-8-7-13-21(22)28-23)31(16-15-18-9-3-1-4-10-18)24(20)30-26(32)19-11-5-2-6-12-19/h1-14H,15-16H2,(H,30,32). The number of aryl methyl sites for hydroxylation is 2. The van der Waals surface area contributed by atoms with E-state index in [1.165, 1.54) is 0 Å². The molecule has 0 saturated carbocycles. The van der Waals surface area contributed by atoms with E-state index < -0.39 is 0 Å². The van der Waals surface area contributed by atoms with Crippen LogP contribution in [0.3, 0.4) is 0 Å². The normalized spacial score (nSPS) is 10.8. The average Bonchev–Trinajstić information content (AvgIpc) is 3.13. The lowest BCUT2D eigenvalue weighted by molar-refractivity contribution is 0.102. The highest BCUT2D eigenvalue weighted by molar-refractivity contribution is 6.06.